The van der Waals surface area contributed by atoms with E-state index in [1.807, 2.05) is 12.1 Å². The number of hydrazine groups is 1. The van der Waals surface area contributed by atoms with Crippen LogP contribution in [0.25, 0.3) is 0 Å². The van der Waals surface area contributed by atoms with Crippen molar-refractivity contribution in [1.82, 2.24) is 25.4 Å². The van der Waals surface area contributed by atoms with Gasteiger partial charge in [0.1, 0.15) is 0 Å². The quantitative estimate of drug-likeness (QED) is 0.650. The van der Waals surface area contributed by atoms with Gasteiger partial charge in [-0.25, -0.2) is 5.01 Å². The molecule has 0 bridgehead atoms. The summed E-state index contributed by atoms with van der Waals surface area (Å²) in [6.45, 7) is 7.61. The third-order valence-electron chi connectivity index (χ3n) is 4.86. The number of anilines is 1. The van der Waals surface area contributed by atoms with Crippen molar-refractivity contribution in [2.75, 3.05) is 38.1 Å². The van der Waals surface area contributed by atoms with E-state index in [2.05, 4.69) is 62.0 Å². The van der Waals surface area contributed by atoms with E-state index in [9.17, 15) is 4.79 Å². The number of rotatable bonds is 9. The minimum atomic E-state index is -0.162. The summed E-state index contributed by atoms with van der Waals surface area (Å²) < 4.78 is 0. The fourth-order valence-electron chi connectivity index (χ4n) is 3.20. The van der Waals surface area contributed by atoms with Crippen LogP contribution in [0.5, 0.6) is 0 Å². The Morgan fingerprint density at radius 1 is 1.00 bits per heavy atom. The Hall–Kier alpha value is -2.51. The van der Waals surface area contributed by atoms with Gasteiger partial charge in [0.15, 0.2) is 11.5 Å². The molecule has 2 N–H and O–H groups in total. The van der Waals surface area contributed by atoms with Crippen molar-refractivity contribution in [3.63, 3.8) is 0 Å². The summed E-state index contributed by atoms with van der Waals surface area (Å²) in [4.78, 5) is 14.5. The lowest BCUT2D eigenvalue weighted by molar-refractivity contribution is 0.0947. The van der Waals surface area contributed by atoms with E-state index in [0.717, 1.165) is 52.0 Å². The van der Waals surface area contributed by atoms with E-state index in [1.54, 1.807) is 6.07 Å². The number of piperazine rings is 1. The lowest BCUT2D eigenvalue weighted by atomic mass is 10.2. The third kappa shape index (κ3) is 6.28. The highest BCUT2D eigenvalue weighted by Gasteiger charge is 2.17. The molecule has 3 rings (SSSR count). The molecule has 150 valence electrons. The van der Waals surface area contributed by atoms with Crippen molar-refractivity contribution in [2.24, 2.45) is 0 Å². The second kappa shape index (κ2) is 10.7. The molecule has 1 aromatic carbocycles. The average molecular weight is 383 g/mol. The molecule has 1 aromatic heterocycles. The molecule has 28 heavy (non-hydrogen) atoms. The Balaban J connectivity index is 1.40. The van der Waals surface area contributed by atoms with Crippen molar-refractivity contribution in [1.29, 1.82) is 0 Å². The lowest BCUT2D eigenvalue weighted by Crippen LogP contribution is -2.48. The Bertz CT molecular complexity index is 713. The molecular formula is C21H30N6O. The van der Waals surface area contributed by atoms with Crippen LogP contribution in [0.4, 0.5) is 5.82 Å². The summed E-state index contributed by atoms with van der Waals surface area (Å²) in [5.41, 5.74) is 4.99. The first-order chi connectivity index (χ1) is 13.7. The highest BCUT2D eigenvalue weighted by molar-refractivity contribution is 5.92. The minimum absolute atomic E-state index is 0.162. The highest BCUT2D eigenvalue weighted by Crippen LogP contribution is 2.10. The van der Waals surface area contributed by atoms with E-state index in [4.69, 9.17) is 0 Å². The van der Waals surface area contributed by atoms with Crippen LogP contribution in [0.3, 0.4) is 0 Å². The van der Waals surface area contributed by atoms with Crippen molar-refractivity contribution in [3.05, 3.63) is 53.7 Å². The van der Waals surface area contributed by atoms with Gasteiger partial charge in [-0.2, -0.15) is 0 Å². The molecule has 0 spiro atoms. The zero-order chi connectivity index (χ0) is 19.6. The Labute approximate surface area is 167 Å². The van der Waals surface area contributed by atoms with Gasteiger partial charge in [-0.05, 0) is 24.1 Å². The van der Waals surface area contributed by atoms with E-state index in [0.29, 0.717) is 18.1 Å². The average Bonchev–Trinajstić information content (AvgIpc) is 2.74. The van der Waals surface area contributed by atoms with Crippen LogP contribution in [0.1, 0.15) is 42.2 Å². The molecule has 7 heteroatoms. The normalized spacial score (nSPS) is 15.3. The molecular weight excluding hydrogens is 352 g/mol. The topological polar surface area (TPSA) is 73.4 Å². The first-order valence-electron chi connectivity index (χ1n) is 10.1. The molecule has 0 radical (unpaired) electrons. The Kier molecular flexibility index (Phi) is 7.75. The SMILES string of the molecule is CCCCCNC(=O)c1ccc(NN2CCN(Cc3ccccc3)CC2)nn1. The summed E-state index contributed by atoms with van der Waals surface area (Å²) >= 11 is 0. The molecule has 1 aliphatic heterocycles. The van der Waals surface area contributed by atoms with Crippen molar-refractivity contribution >= 4 is 11.7 Å². The summed E-state index contributed by atoms with van der Waals surface area (Å²) in [7, 11) is 0. The molecule has 0 unspecified atom stereocenters. The second-order valence-corrected chi connectivity index (χ2v) is 7.13. The highest BCUT2D eigenvalue weighted by atomic mass is 16.1. The molecule has 2 aromatic rings. The van der Waals surface area contributed by atoms with Gasteiger partial charge in [0.2, 0.25) is 0 Å². The summed E-state index contributed by atoms with van der Waals surface area (Å²) in [6, 6.07) is 14.1. The number of nitrogens with one attached hydrogen (secondary N) is 2. The smallest absolute Gasteiger partial charge is 0.271 e. The lowest BCUT2D eigenvalue weighted by Gasteiger charge is -2.34. The van der Waals surface area contributed by atoms with Crippen LogP contribution in [0.15, 0.2) is 42.5 Å². The van der Waals surface area contributed by atoms with Gasteiger partial charge < -0.3 is 10.7 Å². The van der Waals surface area contributed by atoms with Crippen LogP contribution in [-0.2, 0) is 6.54 Å². The van der Waals surface area contributed by atoms with Gasteiger partial charge in [-0.3, -0.25) is 9.69 Å². The number of aromatic nitrogens is 2. The van der Waals surface area contributed by atoms with Gasteiger partial charge >= 0.3 is 0 Å². The second-order valence-electron chi connectivity index (χ2n) is 7.13. The van der Waals surface area contributed by atoms with Crippen molar-refractivity contribution in [2.45, 2.75) is 32.7 Å². The Morgan fingerprint density at radius 3 is 2.46 bits per heavy atom. The fraction of sp³-hybridized carbons (Fsp3) is 0.476. The number of unbranched alkanes of at least 4 members (excludes halogenated alkanes) is 2. The molecule has 0 aliphatic carbocycles. The zero-order valence-corrected chi connectivity index (χ0v) is 16.6. The first kappa shape index (κ1) is 20.2. The van der Waals surface area contributed by atoms with E-state index < -0.39 is 0 Å². The molecule has 2 heterocycles. The van der Waals surface area contributed by atoms with Gasteiger partial charge in [0.05, 0.1) is 0 Å². The molecule has 0 atom stereocenters. The van der Waals surface area contributed by atoms with Crippen LogP contribution in [0.2, 0.25) is 0 Å². The zero-order valence-electron chi connectivity index (χ0n) is 16.6. The van der Waals surface area contributed by atoms with Crippen LogP contribution in [-0.4, -0.2) is 58.7 Å². The van der Waals surface area contributed by atoms with E-state index in [1.165, 1.54) is 5.56 Å². The number of hydrogen-bond donors (Lipinski definition) is 2. The number of carbonyl (C=O) groups is 1. The molecule has 0 saturated carbocycles. The van der Waals surface area contributed by atoms with Crippen molar-refractivity contribution in [3.8, 4) is 0 Å². The van der Waals surface area contributed by atoms with Gasteiger partial charge in [-0.1, -0.05) is 50.1 Å². The van der Waals surface area contributed by atoms with E-state index >= 15 is 0 Å². The predicted molar refractivity (Wildman–Crippen MR) is 111 cm³/mol. The van der Waals surface area contributed by atoms with Crippen LogP contribution < -0.4 is 10.7 Å². The number of carbonyl (C=O) groups excluding carboxylic acids is 1. The number of benzene rings is 1. The monoisotopic (exact) mass is 382 g/mol. The maximum absolute atomic E-state index is 12.0. The molecule has 1 amide bonds. The summed E-state index contributed by atoms with van der Waals surface area (Å²) in [5, 5.41) is 13.2. The Morgan fingerprint density at radius 2 is 1.79 bits per heavy atom. The molecule has 7 nitrogen and oxygen atoms in total. The number of hydrogen-bond acceptors (Lipinski definition) is 6. The predicted octanol–water partition coefficient (Wildman–Crippen LogP) is 2.54. The van der Waals surface area contributed by atoms with Gasteiger partial charge in [0, 0.05) is 39.3 Å². The van der Waals surface area contributed by atoms with Gasteiger partial charge in [0.25, 0.3) is 5.91 Å². The first-order valence-corrected chi connectivity index (χ1v) is 10.1. The maximum atomic E-state index is 12.0. The molecule has 1 saturated heterocycles. The van der Waals surface area contributed by atoms with Crippen LogP contribution in [0, 0.1) is 0 Å². The summed E-state index contributed by atoms with van der Waals surface area (Å²) in [6.07, 6.45) is 3.25. The van der Waals surface area contributed by atoms with Crippen molar-refractivity contribution < 1.29 is 4.79 Å². The fourth-order valence-corrected chi connectivity index (χ4v) is 3.20. The maximum Gasteiger partial charge on any atom is 0.271 e. The van der Waals surface area contributed by atoms with Gasteiger partial charge in [-0.15, -0.1) is 10.2 Å². The van der Waals surface area contributed by atoms with E-state index in [-0.39, 0.29) is 5.91 Å². The minimum Gasteiger partial charge on any atom is -0.351 e. The molecule has 1 fully saturated rings. The number of nitrogens with zero attached hydrogens (tertiary/aromatic N) is 4. The number of amides is 1. The van der Waals surface area contributed by atoms with Crippen LogP contribution >= 0.6 is 0 Å². The third-order valence-corrected chi connectivity index (χ3v) is 4.86. The standard InChI is InChI=1S/C21H30N6O/c1-2-3-7-12-22-21(28)19-10-11-20(24-23-19)25-27-15-13-26(14-16-27)17-18-8-5-4-6-9-18/h4-6,8-11H,2-3,7,12-17H2,1H3,(H,22,28)(H,24,25). The summed E-state index contributed by atoms with van der Waals surface area (Å²) in [5.74, 6) is 0.503. The largest absolute Gasteiger partial charge is 0.351 e. The molecule has 1 aliphatic rings.